The largest absolute Gasteiger partial charge is 0.372 e. The molecule has 1 saturated heterocycles. The van der Waals surface area contributed by atoms with Crippen LogP contribution in [0, 0.1) is 0 Å². The predicted octanol–water partition coefficient (Wildman–Crippen LogP) is -0.589. The van der Waals surface area contributed by atoms with Crippen molar-refractivity contribution in [2.75, 3.05) is 45.6 Å². The van der Waals surface area contributed by atoms with E-state index in [1.807, 2.05) is 5.01 Å². The van der Waals surface area contributed by atoms with E-state index in [1.165, 1.54) is 6.20 Å². The van der Waals surface area contributed by atoms with Crippen molar-refractivity contribution in [2.45, 2.75) is 0 Å². The van der Waals surface area contributed by atoms with Crippen molar-refractivity contribution >= 4 is 11.7 Å². The van der Waals surface area contributed by atoms with E-state index in [2.05, 4.69) is 32.7 Å². The summed E-state index contributed by atoms with van der Waals surface area (Å²) in [5.41, 5.74) is 3.16. The molecule has 0 aromatic carbocycles. The van der Waals surface area contributed by atoms with Crippen LogP contribution >= 0.6 is 0 Å². The zero-order valence-electron chi connectivity index (χ0n) is 10.7. The molecule has 0 aliphatic carbocycles. The van der Waals surface area contributed by atoms with E-state index in [-0.39, 0.29) is 5.91 Å². The average Bonchev–Trinajstić information content (AvgIpc) is 2.41. The summed E-state index contributed by atoms with van der Waals surface area (Å²) in [5, 5.41) is 4.77. The van der Waals surface area contributed by atoms with Crippen molar-refractivity contribution in [3.63, 3.8) is 0 Å². The number of piperazine rings is 1. The summed E-state index contributed by atoms with van der Waals surface area (Å²) in [4.78, 5) is 22.3. The Kier molecular flexibility index (Phi) is 4.06. The first kappa shape index (κ1) is 12.7. The highest BCUT2D eigenvalue weighted by Gasteiger charge is 2.17. The molecule has 1 fully saturated rings. The number of hydrogen-bond acceptors (Lipinski definition) is 6. The standard InChI is InChI=1S/C11H18N6O/c1-12-10-8-13-7-9(14-10)11(18)15-17-5-3-16(2)4-6-17/h7-8H,3-6H2,1-2H3,(H,12,14)(H,15,18). The van der Waals surface area contributed by atoms with Crippen molar-refractivity contribution in [2.24, 2.45) is 0 Å². The molecule has 2 rings (SSSR count). The second kappa shape index (κ2) is 5.74. The number of nitrogens with zero attached hydrogens (tertiary/aromatic N) is 4. The van der Waals surface area contributed by atoms with Crippen molar-refractivity contribution in [1.29, 1.82) is 0 Å². The van der Waals surface area contributed by atoms with Gasteiger partial charge in [-0.2, -0.15) is 0 Å². The van der Waals surface area contributed by atoms with Crippen LogP contribution in [0.25, 0.3) is 0 Å². The van der Waals surface area contributed by atoms with Crippen molar-refractivity contribution in [1.82, 2.24) is 25.3 Å². The summed E-state index contributed by atoms with van der Waals surface area (Å²) in [6.45, 7) is 3.54. The lowest BCUT2D eigenvalue weighted by Gasteiger charge is -2.32. The molecule has 1 aliphatic rings. The Hall–Kier alpha value is -1.73. The zero-order chi connectivity index (χ0) is 13.0. The van der Waals surface area contributed by atoms with E-state index in [0.29, 0.717) is 11.5 Å². The average molecular weight is 250 g/mol. The highest BCUT2D eigenvalue weighted by Crippen LogP contribution is 2.02. The molecule has 7 nitrogen and oxygen atoms in total. The molecule has 1 aromatic heterocycles. The van der Waals surface area contributed by atoms with Crippen LogP contribution in [0.4, 0.5) is 5.82 Å². The van der Waals surface area contributed by atoms with Crippen LogP contribution in [-0.2, 0) is 0 Å². The highest BCUT2D eigenvalue weighted by atomic mass is 16.2. The topological polar surface area (TPSA) is 73.4 Å². The molecular formula is C11H18N6O. The molecule has 0 unspecified atom stereocenters. The number of rotatable bonds is 3. The number of aromatic nitrogens is 2. The van der Waals surface area contributed by atoms with Crippen LogP contribution < -0.4 is 10.7 Å². The van der Waals surface area contributed by atoms with Gasteiger partial charge >= 0.3 is 0 Å². The molecule has 0 atom stereocenters. The van der Waals surface area contributed by atoms with Gasteiger partial charge in [0, 0.05) is 33.2 Å². The molecule has 1 aromatic rings. The summed E-state index contributed by atoms with van der Waals surface area (Å²) in [6.07, 6.45) is 3.04. The minimum Gasteiger partial charge on any atom is -0.372 e. The Bertz CT molecular complexity index is 416. The quantitative estimate of drug-likeness (QED) is 0.747. The van der Waals surface area contributed by atoms with Crippen LogP contribution in [-0.4, -0.2) is 66.1 Å². The fraction of sp³-hybridized carbons (Fsp3) is 0.545. The van der Waals surface area contributed by atoms with Crippen molar-refractivity contribution in [3.05, 3.63) is 18.1 Å². The third-order valence-electron chi connectivity index (χ3n) is 2.89. The summed E-state index contributed by atoms with van der Waals surface area (Å²) in [6, 6.07) is 0. The van der Waals surface area contributed by atoms with Crippen LogP contribution in [0.2, 0.25) is 0 Å². The van der Waals surface area contributed by atoms with Gasteiger partial charge in [-0.05, 0) is 7.05 Å². The molecule has 2 heterocycles. The third kappa shape index (κ3) is 3.14. The minimum absolute atomic E-state index is 0.218. The maximum atomic E-state index is 12.0. The van der Waals surface area contributed by atoms with Crippen molar-refractivity contribution in [3.8, 4) is 0 Å². The lowest BCUT2D eigenvalue weighted by atomic mass is 10.4. The Morgan fingerprint density at radius 3 is 2.67 bits per heavy atom. The van der Waals surface area contributed by atoms with Gasteiger partial charge in [0.05, 0.1) is 12.4 Å². The maximum absolute atomic E-state index is 12.0. The van der Waals surface area contributed by atoms with E-state index in [1.54, 1.807) is 13.2 Å². The lowest BCUT2D eigenvalue weighted by Crippen LogP contribution is -2.52. The number of amides is 1. The van der Waals surface area contributed by atoms with Gasteiger partial charge in [-0.25, -0.2) is 9.99 Å². The smallest absolute Gasteiger partial charge is 0.285 e. The molecule has 1 amide bonds. The molecule has 18 heavy (non-hydrogen) atoms. The second-order valence-corrected chi connectivity index (χ2v) is 4.27. The summed E-state index contributed by atoms with van der Waals surface area (Å²) in [5.74, 6) is 0.366. The molecular weight excluding hydrogens is 232 g/mol. The first-order valence-corrected chi connectivity index (χ1v) is 5.93. The first-order valence-electron chi connectivity index (χ1n) is 5.93. The van der Waals surface area contributed by atoms with Gasteiger partial charge in [0.25, 0.3) is 5.91 Å². The van der Waals surface area contributed by atoms with Crippen LogP contribution in [0.3, 0.4) is 0 Å². The second-order valence-electron chi connectivity index (χ2n) is 4.27. The number of anilines is 1. The summed E-state index contributed by atoms with van der Waals surface area (Å²) >= 11 is 0. The van der Waals surface area contributed by atoms with Gasteiger partial charge in [0.2, 0.25) is 0 Å². The molecule has 0 spiro atoms. The number of hydrogen-bond donors (Lipinski definition) is 2. The maximum Gasteiger partial charge on any atom is 0.285 e. The monoisotopic (exact) mass is 250 g/mol. The molecule has 2 N–H and O–H groups in total. The van der Waals surface area contributed by atoms with Crippen LogP contribution in [0.5, 0.6) is 0 Å². The van der Waals surface area contributed by atoms with E-state index < -0.39 is 0 Å². The highest BCUT2D eigenvalue weighted by molar-refractivity contribution is 5.91. The van der Waals surface area contributed by atoms with E-state index in [4.69, 9.17) is 0 Å². The zero-order valence-corrected chi connectivity index (χ0v) is 10.7. The molecule has 0 radical (unpaired) electrons. The Balaban J connectivity index is 1.94. The van der Waals surface area contributed by atoms with E-state index >= 15 is 0 Å². The van der Waals surface area contributed by atoms with Gasteiger partial charge in [0.15, 0.2) is 0 Å². The molecule has 0 saturated carbocycles. The normalized spacial score (nSPS) is 17.4. The van der Waals surface area contributed by atoms with Gasteiger partial charge in [-0.3, -0.25) is 15.2 Å². The number of carbonyl (C=O) groups excluding carboxylic acids is 1. The van der Waals surface area contributed by atoms with Crippen LogP contribution in [0.15, 0.2) is 12.4 Å². The Labute approximate surface area is 106 Å². The molecule has 98 valence electrons. The summed E-state index contributed by atoms with van der Waals surface area (Å²) < 4.78 is 0. The SMILES string of the molecule is CNc1cncc(C(=O)NN2CCN(C)CC2)n1. The Morgan fingerprint density at radius 2 is 2.00 bits per heavy atom. The van der Waals surface area contributed by atoms with Crippen LogP contribution in [0.1, 0.15) is 10.5 Å². The number of carbonyl (C=O) groups is 1. The first-order chi connectivity index (χ1) is 8.69. The van der Waals surface area contributed by atoms with Gasteiger partial charge in [0.1, 0.15) is 11.5 Å². The van der Waals surface area contributed by atoms with Gasteiger partial charge in [-0.15, -0.1) is 0 Å². The lowest BCUT2D eigenvalue weighted by molar-refractivity contribution is 0.0657. The predicted molar refractivity (Wildman–Crippen MR) is 68.1 cm³/mol. The van der Waals surface area contributed by atoms with Gasteiger partial charge < -0.3 is 10.2 Å². The summed E-state index contributed by atoms with van der Waals surface area (Å²) in [7, 11) is 3.81. The number of hydrazine groups is 1. The number of likely N-dealkylation sites (N-methyl/N-ethyl adjacent to an activating group) is 1. The third-order valence-corrected chi connectivity index (χ3v) is 2.89. The van der Waals surface area contributed by atoms with Crippen molar-refractivity contribution < 1.29 is 4.79 Å². The van der Waals surface area contributed by atoms with E-state index in [0.717, 1.165) is 26.2 Å². The van der Waals surface area contributed by atoms with Gasteiger partial charge in [-0.1, -0.05) is 0 Å². The van der Waals surface area contributed by atoms with E-state index in [9.17, 15) is 4.79 Å². The fourth-order valence-electron chi connectivity index (χ4n) is 1.71. The minimum atomic E-state index is -0.218. The molecule has 1 aliphatic heterocycles. The molecule has 7 heteroatoms. The number of nitrogens with one attached hydrogen (secondary N) is 2. The molecule has 0 bridgehead atoms. The Morgan fingerprint density at radius 1 is 1.28 bits per heavy atom. The fourth-order valence-corrected chi connectivity index (χ4v) is 1.71.